The Morgan fingerprint density at radius 2 is 2.30 bits per heavy atom. The maximum atomic E-state index is 14.0. The SMILES string of the molecule is CC1(c2nc(Cl)c3cnc(N[C@@H]4CCNC[C@H]4F)nn23)CCC1. The molecule has 2 aromatic rings. The fourth-order valence-corrected chi connectivity index (χ4v) is 3.60. The van der Waals surface area contributed by atoms with Crippen LogP contribution in [0.2, 0.25) is 5.15 Å². The Bertz CT molecular complexity index is 728. The zero-order valence-electron chi connectivity index (χ0n) is 13.0. The Labute approximate surface area is 138 Å². The standard InChI is InChI=1S/C15H20ClFN6/c1-15(4-2-5-15)13-21-12(16)11-8-19-14(22-23(11)13)20-10-3-6-18-7-9(10)17/h8-10,18H,2-7H2,1H3,(H,20,22)/t9-,10-/m1/s1. The first-order valence-electron chi connectivity index (χ1n) is 8.10. The zero-order valence-corrected chi connectivity index (χ0v) is 13.8. The molecule has 1 aliphatic heterocycles. The van der Waals surface area contributed by atoms with E-state index in [-0.39, 0.29) is 11.5 Å². The van der Waals surface area contributed by atoms with Crippen molar-refractivity contribution < 1.29 is 4.39 Å². The summed E-state index contributed by atoms with van der Waals surface area (Å²) in [6.07, 6.45) is 4.77. The molecule has 23 heavy (non-hydrogen) atoms. The number of aromatic nitrogens is 4. The van der Waals surface area contributed by atoms with E-state index in [0.29, 0.717) is 29.6 Å². The molecule has 2 aromatic heterocycles. The third kappa shape index (κ3) is 2.55. The molecule has 0 bridgehead atoms. The lowest BCUT2D eigenvalue weighted by atomic mass is 9.70. The minimum absolute atomic E-state index is 0.0130. The Hall–Kier alpha value is -1.47. The molecule has 1 saturated heterocycles. The van der Waals surface area contributed by atoms with E-state index < -0.39 is 6.17 Å². The number of piperidine rings is 1. The molecule has 2 N–H and O–H groups in total. The van der Waals surface area contributed by atoms with Crippen LogP contribution >= 0.6 is 11.6 Å². The number of hydrogen-bond acceptors (Lipinski definition) is 5. The summed E-state index contributed by atoms with van der Waals surface area (Å²) in [5.41, 5.74) is 0.710. The quantitative estimate of drug-likeness (QED) is 0.899. The lowest BCUT2D eigenvalue weighted by Crippen LogP contribution is -2.45. The first kappa shape index (κ1) is 15.1. The molecule has 8 heteroatoms. The maximum absolute atomic E-state index is 14.0. The predicted octanol–water partition coefficient (Wildman–Crippen LogP) is 2.33. The van der Waals surface area contributed by atoms with Crippen molar-refractivity contribution in [2.45, 2.75) is 50.2 Å². The summed E-state index contributed by atoms with van der Waals surface area (Å²) in [4.78, 5) is 8.78. The van der Waals surface area contributed by atoms with Crippen molar-refractivity contribution >= 4 is 23.1 Å². The third-order valence-electron chi connectivity index (χ3n) is 5.07. The molecule has 0 spiro atoms. The highest BCUT2D eigenvalue weighted by Crippen LogP contribution is 2.43. The van der Waals surface area contributed by atoms with Crippen LogP contribution in [-0.2, 0) is 5.41 Å². The molecule has 1 saturated carbocycles. The molecule has 4 rings (SSSR count). The van der Waals surface area contributed by atoms with Gasteiger partial charge in [0.25, 0.3) is 0 Å². The van der Waals surface area contributed by atoms with E-state index in [1.807, 2.05) is 0 Å². The first-order valence-corrected chi connectivity index (χ1v) is 8.48. The number of halogens is 2. The van der Waals surface area contributed by atoms with Crippen LogP contribution < -0.4 is 10.6 Å². The molecular formula is C15H20ClFN6. The van der Waals surface area contributed by atoms with Crippen molar-refractivity contribution in [3.63, 3.8) is 0 Å². The molecule has 0 aromatic carbocycles. The summed E-state index contributed by atoms with van der Waals surface area (Å²) in [5.74, 6) is 1.29. The van der Waals surface area contributed by atoms with Gasteiger partial charge in [0, 0.05) is 12.0 Å². The third-order valence-corrected chi connectivity index (χ3v) is 5.35. The minimum atomic E-state index is -0.946. The molecule has 2 aliphatic rings. The molecule has 0 radical (unpaired) electrons. The van der Waals surface area contributed by atoms with Crippen LogP contribution in [0.25, 0.3) is 5.52 Å². The minimum Gasteiger partial charge on any atom is -0.347 e. The Morgan fingerprint density at radius 3 is 3.00 bits per heavy atom. The van der Waals surface area contributed by atoms with Crippen molar-refractivity contribution in [1.29, 1.82) is 0 Å². The van der Waals surface area contributed by atoms with Crippen molar-refractivity contribution in [3.05, 3.63) is 17.2 Å². The van der Waals surface area contributed by atoms with Crippen molar-refractivity contribution in [1.82, 2.24) is 24.9 Å². The van der Waals surface area contributed by atoms with Crippen LogP contribution in [0.15, 0.2) is 6.20 Å². The molecule has 1 aliphatic carbocycles. The highest BCUT2D eigenvalue weighted by Gasteiger charge is 2.38. The smallest absolute Gasteiger partial charge is 0.241 e. The number of rotatable bonds is 3. The van der Waals surface area contributed by atoms with E-state index in [1.54, 1.807) is 10.7 Å². The highest BCUT2D eigenvalue weighted by atomic mass is 35.5. The van der Waals surface area contributed by atoms with Gasteiger partial charge in [0.2, 0.25) is 5.95 Å². The van der Waals surface area contributed by atoms with Gasteiger partial charge in [-0.25, -0.2) is 18.9 Å². The molecule has 0 amide bonds. The number of fused-ring (bicyclic) bond motifs is 1. The predicted molar refractivity (Wildman–Crippen MR) is 86.8 cm³/mol. The summed E-state index contributed by atoms with van der Waals surface area (Å²) in [5, 5.41) is 11.1. The van der Waals surface area contributed by atoms with Crippen LogP contribution in [0.1, 0.15) is 38.4 Å². The summed E-state index contributed by atoms with van der Waals surface area (Å²) in [7, 11) is 0. The van der Waals surface area contributed by atoms with Gasteiger partial charge in [0.05, 0.1) is 12.2 Å². The monoisotopic (exact) mass is 338 g/mol. The van der Waals surface area contributed by atoms with E-state index in [2.05, 4.69) is 32.6 Å². The molecular weight excluding hydrogens is 319 g/mol. The van der Waals surface area contributed by atoms with Crippen LogP contribution in [0.3, 0.4) is 0 Å². The van der Waals surface area contributed by atoms with Gasteiger partial charge >= 0.3 is 0 Å². The lowest BCUT2D eigenvalue weighted by molar-refractivity contribution is 0.243. The van der Waals surface area contributed by atoms with Gasteiger partial charge in [-0.15, -0.1) is 5.10 Å². The highest BCUT2D eigenvalue weighted by molar-refractivity contribution is 6.32. The molecule has 2 fully saturated rings. The van der Waals surface area contributed by atoms with Gasteiger partial charge in [-0.05, 0) is 25.8 Å². The molecule has 6 nitrogen and oxygen atoms in total. The van der Waals surface area contributed by atoms with Gasteiger partial charge in [-0.3, -0.25) is 0 Å². The van der Waals surface area contributed by atoms with Crippen molar-refractivity contribution in [2.75, 3.05) is 18.4 Å². The second-order valence-corrected chi connectivity index (χ2v) is 7.14. The van der Waals surface area contributed by atoms with Gasteiger partial charge in [0.15, 0.2) is 5.15 Å². The average molecular weight is 339 g/mol. The van der Waals surface area contributed by atoms with Crippen molar-refractivity contribution in [3.8, 4) is 0 Å². The van der Waals surface area contributed by atoms with E-state index in [1.165, 1.54) is 6.42 Å². The number of alkyl halides is 1. The second-order valence-electron chi connectivity index (χ2n) is 6.78. The van der Waals surface area contributed by atoms with Crippen LogP contribution in [-0.4, -0.2) is 44.9 Å². The van der Waals surface area contributed by atoms with E-state index in [4.69, 9.17) is 11.6 Å². The molecule has 124 valence electrons. The zero-order chi connectivity index (χ0) is 16.0. The molecule has 2 atom stereocenters. The van der Waals surface area contributed by atoms with E-state index in [9.17, 15) is 4.39 Å². The fraction of sp³-hybridized carbons (Fsp3) is 0.667. The normalized spacial score (nSPS) is 26.9. The fourth-order valence-electron chi connectivity index (χ4n) is 3.39. The van der Waals surface area contributed by atoms with Crippen molar-refractivity contribution in [2.24, 2.45) is 0 Å². The summed E-state index contributed by atoms with van der Waals surface area (Å²) < 4.78 is 15.7. The molecule has 0 unspecified atom stereocenters. The van der Waals surface area contributed by atoms with Gasteiger partial charge in [0.1, 0.15) is 17.5 Å². The van der Waals surface area contributed by atoms with Crippen LogP contribution in [0.5, 0.6) is 0 Å². The maximum Gasteiger partial charge on any atom is 0.241 e. The summed E-state index contributed by atoms with van der Waals surface area (Å²) >= 11 is 6.23. The second kappa shape index (κ2) is 5.56. The average Bonchev–Trinajstić information content (AvgIpc) is 2.84. The number of hydrogen-bond donors (Lipinski definition) is 2. The van der Waals surface area contributed by atoms with E-state index in [0.717, 1.165) is 25.2 Å². The van der Waals surface area contributed by atoms with E-state index >= 15 is 0 Å². The number of anilines is 1. The van der Waals surface area contributed by atoms with Crippen LogP contribution in [0, 0.1) is 0 Å². The topological polar surface area (TPSA) is 67.1 Å². The first-order chi connectivity index (χ1) is 11.1. The Morgan fingerprint density at radius 1 is 1.48 bits per heavy atom. The number of imidazole rings is 1. The Kier molecular flexibility index (Phi) is 3.65. The number of nitrogens with zero attached hydrogens (tertiary/aromatic N) is 4. The number of nitrogens with one attached hydrogen (secondary N) is 2. The summed E-state index contributed by atoms with van der Waals surface area (Å²) in [6.45, 7) is 3.34. The molecule has 3 heterocycles. The lowest BCUT2D eigenvalue weighted by Gasteiger charge is -2.36. The van der Waals surface area contributed by atoms with Gasteiger partial charge in [-0.2, -0.15) is 0 Å². The summed E-state index contributed by atoms with van der Waals surface area (Å²) in [6, 6.07) is -0.268. The van der Waals surface area contributed by atoms with Gasteiger partial charge in [-0.1, -0.05) is 24.9 Å². The van der Waals surface area contributed by atoms with Gasteiger partial charge < -0.3 is 10.6 Å². The Balaban J connectivity index is 1.68. The van der Waals surface area contributed by atoms with Crippen LogP contribution in [0.4, 0.5) is 10.3 Å². The largest absolute Gasteiger partial charge is 0.347 e.